The molecule has 1 N–H and O–H groups in total. The van der Waals surface area contributed by atoms with Gasteiger partial charge in [-0.3, -0.25) is 0 Å². The molecule has 1 atom stereocenters. The molecule has 2 rings (SSSR count). The van der Waals surface area contributed by atoms with Crippen LogP contribution in [0.3, 0.4) is 0 Å². The Labute approximate surface area is 129 Å². The van der Waals surface area contributed by atoms with Crippen molar-refractivity contribution in [1.29, 1.82) is 0 Å². The minimum Gasteiger partial charge on any atom is -0.466 e. The van der Waals surface area contributed by atoms with Crippen molar-refractivity contribution in [2.45, 2.75) is 23.9 Å². The van der Waals surface area contributed by atoms with Gasteiger partial charge in [0.1, 0.15) is 5.76 Å². The fraction of sp³-hybridized carbons (Fsp3) is 0.286. The maximum absolute atomic E-state index is 13.9. The van der Waals surface area contributed by atoms with Crippen molar-refractivity contribution in [3.63, 3.8) is 0 Å². The van der Waals surface area contributed by atoms with Gasteiger partial charge in [0.15, 0.2) is 0 Å². The molecule has 1 aromatic carbocycles. The maximum atomic E-state index is 13.9. The van der Waals surface area contributed by atoms with Gasteiger partial charge in [0.05, 0.1) is 11.8 Å². The molecule has 2 nitrogen and oxygen atoms in total. The van der Waals surface area contributed by atoms with Crippen LogP contribution in [0.2, 0.25) is 0 Å². The second-order valence-electron chi connectivity index (χ2n) is 4.83. The molecule has 24 heavy (non-hydrogen) atoms. The van der Waals surface area contributed by atoms with Crippen LogP contribution >= 0.6 is 0 Å². The number of rotatable bonds is 3. The fourth-order valence-electron chi connectivity index (χ4n) is 2.07. The Morgan fingerprint density at radius 2 is 1.25 bits per heavy atom. The van der Waals surface area contributed by atoms with E-state index in [1.165, 1.54) is 0 Å². The van der Waals surface area contributed by atoms with Crippen molar-refractivity contribution >= 4 is 0 Å². The number of halogens is 8. The zero-order valence-corrected chi connectivity index (χ0v) is 11.4. The molecule has 0 fully saturated rings. The molecular weight excluding hydrogens is 352 g/mol. The highest BCUT2D eigenvalue weighted by Gasteiger charge is 2.72. The van der Waals surface area contributed by atoms with Gasteiger partial charge >= 0.3 is 18.3 Å². The van der Waals surface area contributed by atoms with Gasteiger partial charge in [0.2, 0.25) is 5.60 Å². The first-order chi connectivity index (χ1) is 10.8. The molecule has 0 saturated carbocycles. The van der Waals surface area contributed by atoms with Gasteiger partial charge in [0.25, 0.3) is 0 Å². The van der Waals surface area contributed by atoms with Gasteiger partial charge in [0, 0.05) is 0 Å². The smallest absolute Gasteiger partial charge is 0.457 e. The van der Waals surface area contributed by atoms with Crippen molar-refractivity contribution in [3.05, 3.63) is 59.5 Å². The van der Waals surface area contributed by atoms with Crippen LogP contribution in [0, 0.1) is 0 Å². The molecule has 0 amide bonds. The molecule has 0 aliphatic heterocycles. The van der Waals surface area contributed by atoms with Crippen molar-refractivity contribution in [2.24, 2.45) is 0 Å². The summed E-state index contributed by atoms with van der Waals surface area (Å²) in [5.74, 6) is -6.89. The molecule has 0 radical (unpaired) electrons. The van der Waals surface area contributed by atoms with Crippen LogP contribution in [-0.4, -0.2) is 17.2 Å². The third-order valence-electron chi connectivity index (χ3n) is 3.32. The summed E-state index contributed by atoms with van der Waals surface area (Å²) in [6.07, 6.45) is -10.3. The van der Waals surface area contributed by atoms with E-state index in [9.17, 15) is 40.2 Å². The van der Waals surface area contributed by atoms with Gasteiger partial charge in [-0.15, -0.1) is 0 Å². The Bertz CT molecular complexity index is 685. The number of aliphatic hydroxyl groups is 1. The molecule has 0 bridgehead atoms. The van der Waals surface area contributed by atoms with E-state index in [0.29, 0.717) is 18.2 Å². The van der Waals surface area contributed by atoms with E-state index in [2.05, 4.69) is 4.42 Å². The van der Waals surface area contributed by atoms with E-state index in [1.54, 1.807) is 0 Å². The SMILES string of the molecule is OC(c1ccc(C(F)(F)F)cc1)(c1ccco1)C(F)(F)C(F)(F)F. The molecule has 132 valence electrons. The molecule has 2 aromatic rings. The van der Waals surface area contributed by atoms with Crippen LogP contribution in [0.5, 0.6) is 0 Å². The molecular formula is C14H8F8O2. The lowest BCUT2D eigenvalue weighted by molar-refractivity contribution is -0.339. The molecule has 0 aliphatic rings. The highest BCUT2D eigenvalue weighted by molar-refractivity contribution is 5.37. The van der Waals surface area contributed by atoms with E-state index in [0.717, 1.165) is 12.3 Å². The zero-order valence-electron chi connectivity index (χ0n) is 11.4. The minimum atomic E-state index is -6.18. The maximum Gasteiger partial charge on any atom is 0.457 e. The molecule has 0 saturated heterocycles. The Kier molecular flexibility index (Phi) is 4.16. The summed E-state index contributed by atoms with van der Waals surface area (Å²) in [4.78, 5) is 0. The second-order valence-corrected chi connectivity index (χ2v) is 4.83. The van der Waals surface area contributed by atoms with Gasteiger partial charge in [-0.05, 0) is 29.8 Å². The summed E-state index contributed by atoms with van der Waals surface area (Å²) in [5.41, 5.74) is -6.41. The largest absolute Gasteiger partial charge is 0.466 e. The zero-order chi connectivity index (χ0) is 18.4. The van der Waals surface area contributed by atoms with Crippen LogP contribution in [0.25, 0.3) is 0 Å². The van der Waals surface area contributed by atoms with Gasteiger partial charge in [-0.25, -0.2) is 0 Å². The van der Waals surface area contributed by atoms with E-state index in [1.807, 2.05) is 0 Å². The van der Waals surface area contributed by atoms with Crippen LogP contribution in [0.15, 0.2) is 47.1 Å². The minimum absolute atomic E-state index is 0.287. The summed E-state index contributed by atoms with van der Waals surface area (Å²) >= 11 is 0. The Balaban J connectivity index is 2.65. The number of hydrogen-bond acceptors (Lipinski definition) is 2. The monoisotopic (exact) mass is 360 g/mol. The Morgan fingerprint density at radius 3 is 1.62 bits per heavy atom. The first kappa shape index (κ1) is 18.2. The van der Waals surface area contributed by atoms with Crippen molar-refractivity contribution in [3.8, 4) is 0 Å². The average molecular weight is 360 g/mol. The highest BCUT2D eigenvalue weighted by atomic mass is 19.4. The van der Waals surface area contributed by atoms with Crippen molar-refractivity contribution in [1.82, 2.24) is 0 Å². The number of benzene rings is 1. The molecule has 1 aromatic heterocycles. The molecule has 0 aliphatic carbocycles. The summed E-state index contributed by atoms with van der Waals surface area (Å²) < 4.78 is 108. The van der Waals surface area contributed by atoms with Crippen molar-refractivity contribution < 1.29 is 44.6 Å². The van der Waals surface area contributed by atoms with Gasteiger partial charge in [-0.1, -0.05) is 12.1 Å². The topological polar surface area (TPSA) is 33.4 Å². The lowest BCUT2D eigenvalue weighted by atomic mass is 9.84. The summed E-state index contributed by atoms with van der Waals surface area (Å²) in [7, 11) is 0. The standard InChI is InChI=1S/C14H8F8O2/c15-12(16,17)9-5-3-8(4-6-9)11(23,10-2-1-7-24-10)13(18,19)14(20,21)22/h1-7,23H. The molecule has 1 heterocycles. The normalized spacial score (nSPS) is 16.0. The lowest BCUT2D eigenvalue weighted by Crippen LogP contribution is -2.55. The predicted molar refractivity (Wildman–Crippen MR) is 64.2 cm³/mol. The third-order valence-corrected chi connectivity index (χ3v) is 3.32. The summed E-state index contributed by atoms with van der Waals surface area (Å²) in [5, 5.41) is 10.2. The predicted octanol–water partition coefficient (Wildman–Crippen LogP) is 4.73. The highest BCUT2D eigenvalue weighted by Crippen LogP contribution is 2.52. The van der Waals surface area contributed by atoms with Gasteiger partial charge < -0.3 is 9.52 Å². The third kappa shape index (κ3) is 2.74. The van der Waals surface area contributed by atoms with E-state index in [4.69, 9.17) is 0 Å². The van der Waals surface area contributed by atoms with E-state index >= 15 is 0 Å². The first-order valence-electron chi connectivity index (χ1n) is 6.20. The number of furan rings is 1. The first-order valence-corrected chi connectivity index (χ1v) is 6.20. The van der Waals surface area contributed by atoms with Crippen LogP contribution in [0.4, 0.5) is 35.1 Å². The fourth-order valence-corrected chi connectivity index (χ4v) is 2.07. The number of alkyl halides is 8. The van der Waals surface area contributed by atoms with Gasteiger partial charge in [-0.2, -0.15) is 35.1 Å². The summed E-state index contributed by atoms with van der Waals surface area (Å²) in [6, 6.07) is 2.87. The van der Waals surface area contributed by atoms with E-state index in [-0.39, 0.29) is 12.1 Å². The molecule has 1 unspecified atom stereocenters. The van der Waals surface area contributed by atoms with Crippen LogP contribution in [-0.2, 0) is 11.8 Å². The van der Waals surface area contributed by atoms with Crippen LogP contribution in [0.1, 0.15) is 16.9 Å². The number of hydrogen-bond donors (Lipinski definition) is 1. The Hall–Kier alpha value is -2.10. The average Bonchev–Trinajstić information content (AvgIpc) is 2.98. The van der Waals surface area contributed by atoms with Crippen molar-refractivity contribution in [2.75, 3.05) is 0 Å². The summed E-state index contributed by atoms with van der Waals surface area (Å²) in [6.45, 7) is 0. The lowest BCUT2D eigenvalue weighted by Gasteiger charge is -2.35. The Morgan fingerprint density at radius 1 is 0.750 bits per heavy atom. The molecule has 10 heteroatoms. The van der Waals surface area contributed by atoms with Crippen LogP contribution < -0.4 is 0 Å². The van der Waals surface area contributed by atoms with E-state index < -0.39 is 40.8 Å². The quantitative estimate of drug-likeness (QED) is 0.803. The molecule has 0 spiro atoms. The second kappa shape index (κ2) is 5.47.